The van der Waals surface area contributed by atoms with Crippen LogP contribution in [0.25, 0.3) is 0 Å². The lowest BCUT2D eigenvalue weighted by Crippen LogP contribution is -2.27. The number of phenols is 1. The minimum absolute atomic E-state index is 0.119. The molecular weight excluding hydrogens is 256 g/mol. The SMILES string of the molecule is CC(NC(=O)c1cc(Cl)ccc1O)c1ncn[nH]1. The van der Waals surface area contributed by atoms with E-state index < -0.39 is 5.91 Å². The Kier molecular flexibility index (Phi) is 3.47. The number of halogens is 1. The van der Waals surface area contributed by atoms with Gasteiger partial charge in [0, 0.05) is 5.02 Å². The van der Waals surface area contributed by atoms with Gasteiger partial charge in [-0.1, -0.05) is 11.6 Å². The third-order valence-corrected chi connectivity index (χ3v) is 2.63. The van der Waals surface area contributed by atoms with Crippen LogP contribution in [0.2, 0.25) is 5.02 Å². The molecule has 1 amide bonds. The normalized spacial score (nSPS) is 12.1. The number of aromatic hydroxyl groups is 1. The van der Waals surface area contributed by atoms with Gasteiger partial charge in [0.05, 0.1) is 11.6 Å². The zero-order valence-electron chi connectivity index (χ0n) is 9.51. The van der Waals surface area contributed by atoms with Crippen LogP contribution in [0.1, 0.15) is 29.1 Å². The Hall–Kier alpha value is -2.08. The van der Waals surface area contributed by atoms with Crippen molar-refractivity contribution in [2.24, 2.45) is 0 Å². The number of aromatic nitrogens is 3. The summed E-state index contributed by atoms with van der Waals surface area (Å²) in [5, 5.41) is 19.0. The maximum atomic E-state index is 11.9. The predicted octanol–water partition coefficient (Wildman–Crippen LogP) is 1.65. The number of carbonyl (C=O) groups excluding carboxylic acids is 1. The molecule has 0 bridgehead atoms. The number of nitrogens with zero attached hydrogens (tertiary/aromatic N) is 2. The molecule has 0 fully saturated rings. The Labute approximate surface area is 108 Å². The average molecular weight is 267 g/mol. The van der Waals surface area contributed by atoms with Crippen LogP contribution in [0, 0.1) is 0 Å². The van der Waals surface area contributed by atoms with Gasteiger partial charge < -0.3 is 10.4 Å². The monoisotopic (exact) mass is 266 g/mol. The third kappa shape index (κ3) is 2.60. The van der Waals surface area contributed by atoms with E-state index in [1.807, 2.05) is 0 Å². The molecule has 1 unspecified atom stereocenters. The van der Waals surface area contributed by atoms with E-state index in [0.717, 1.165) is 0 Å². The van der Waals surface area contributed by atoms with Gasteiger partial charge in [-0.05, 0) is 25.1 Å². The number of hydrogen-bond acceptors (Lipinski definition) is 4. The van der Waals surface area contributed by atoms with E-state index in [9.17, 15) is 9.90 Å². The molecule has 6 nitrogen and oxygen atoms in total. The first kappa shape index (κ1) is 12.4. The van der Waals surface area contributed by atoms with Crippen LogP contribution in [-0.2, 0) is 0 Å². The average Bonchev–Trinajstić information content (AvgIpc) is 2.85. The van der Waals surface area contributed by atoms with Gasteiger partial charge in [0.25, 0.3) is 5.91 Å². The molecule has 1 atom stereocenters. The molecule has 0 saturated heterocycles. The first-order valence-electron chi connectivity index (χ1n) is 5.22. The second-order valence-electron chi connectivity index (χ2n) is 3.73. The fraction of sp³-hybridized carbons (Fsp3) is 0.182. The highest BCUT2D eigenvalue weighted by atomic mass is 35.5. The summed E-state index contributed by atoms with van der Waals surface area (Å²) in [6.45, 7) is 1.75. The lowest BCUT2D eigenvalue weighted by molar-refractivity contribution is 0.0935. The number of aromatic amines is 1. The van der Waals surface area contributed by atoms with Crippen molar-refractivity contribution in [3.05, 3.63) is 40.9 Å². The summed E-state index contributed by atoms with van der Waals surface area (Å²) in [6, 6.07) is 3.93. The summed E-state index contributed by atoms with van der Waals surface area (Å²) in [5.41, 5.74) is 0.119. The number of H-pyrrole nitrogens is 1. The van der Waals surface area contributed by atoms with Crippen LogP contribution in [-0.4, -0.2) is 26.2 Å². The smallest absolute Gasteiger partial charge is 0.255 e. The van der Waals surface area contributed by atoms with Crippen molar-refractivity contribution in [1.29, 1.82) is 0 Å². The zero-order valence-corrected chi connectivity index (χ0v) is 10.3. The van der Waals surface area contributed by atoms with Crippen LogP contribution in [0.4, 0.5) is 0 Å². The summed E-state index contributed by atoms with van der Waals surface area (Å²) in [4.78, 5) is 15.9. The summed E-state index contributed by atoms with van der Waals surface area (Å²) >= 11 is 5.78. The van der Waals surface area contributed by atoms with Crippen LogP contribution in [0.15, 0.2) is 24.5 Å². The molecule has 0 aliphatic heterocycles. The van der Waals surface area contributed by atoms with E-state index in [1.54, 1.807) is 6.92 Å². The topological polar surface area (TPSA) is 90.9 Å². The Morgan fingerprint density at radius 2 is 2.33 bits per heavy atom. The van der Waals surface area contributed by atoms with Crippen molar-refractivity contribution >= 4 is 17.5 Å². The van der Waals surface area contributed by atoms with Gasteiger partial charge in [-0.15, -0.1) is 0 Å². The molecule has 0 saturated carbocycles. The number of hydrogen-bond donors (Lipinski definition) is 3. The van der Waals surface area contributed by atoms with Gasteiger partial charge in [-0.2, -0.15) is 5.10 Å². The van der Waals surface area contributed by atoms with Gasteiger partial charge in [0.2, 0.25) is 0 Å². The first-order chi connectivity index (χ1) is 8.58. The Balaban J connectivity index is 2.15. The minimum Gasteiger partial charge on any atom is -0.507 e. The van der Waals surface area contributed by atoms with Crippen molar-refractivity contribution in [3.8, 4) is 5.75 Å². The molecular formula is C11H11ClN4O2. The molecule has 7 heteroatoms. The number of amides is 1. The Morgan fingerprint density at radius 1 is 1.56 bits per heavy atom. The highest BCUT2D eigenvalue weighted by Crippen LogP contribution is 2.22. The summed E-state index contributed by atoms with van der Waals surface area (Å²) in [6.07, 6.45) is 1.36. The van der Waals surface area contributed by atoms with Gasteiger partial charge in [-0.25, -0.2) is 4.98 Å². The van der Waals surface area contributed by atoms with Crippen molar-refractivity contribution in [3.63, 3.8) is 0 Å². The molecule has 0 aliphatic carbocycles. The fourth-order valence-corrected chi connectivity index (χ4v) is 1.63. The number of benzene rings is 1. The van der Waals surface area contributed by atoms with E-state index in [1.165, 1.54) is 24.5 Å². The van der Waals surface area contributed by atoms with Crippen LogP contribution < -0.4 is 5.32 Å². The van der Waals surface area contributed by atoms with Crippen molar-refractivity contribution in [2.45, 2.75) is 13.0 Å². The van der Waals surface area contributed by atoms with E-state index >= 15 is 0 Å². The van der Waals surface area contributed by atoms with E-state index in [0.29, 0.717) is 10.8 Å². The maximum Gasteiger partial charge on any atom is 0.255 e. The molecule has 0 radical (unpaired) electrons. The van der Waals surface area contributed by atoms with Crippen molar-refractivity contribution < 1.29 is 9.90 Å². The number of rotatable bonds is 3. The largest absolute Gasteiger partial charge is 0.507 e. The fourth-order valence-electron chi connectivity index (χ4n) is 1.46. The number of phenolic OH excluding ortho intramolecular Hbond substituents is 1. The van der Waals surface area contributed by atoms with E-state index in [4.69, 9.17) is 11.6 Å². The Bertz CT molecular complexity index is 556. The molecule has 3 N–H and O–H groups in total. The first-order valence-corrected chi connectivity index (χ1v) is 5.60. The molecule has 0 aliphatic rings. The van der Waals surface area contributed by atoms with Gasteiger partial charge in [0.15, 0.2) is 0 Å². The van der Waals surface area contributed by atoms with Gasteiger partial charge in [0.1, 0.15) is 17.9 Å². The summed E-state index contributed by atoms with van der Waals surface area (Å²) < 4.78 is 0. The molecule has 18 heavy (non-hydrogen) atoms. The molecule has 2 rings (SSSR count). The van der Waals surface area contributed by atoms with Gasteiger partial charge in [-0.3, -0.25) is 9.89 Å². The molecule has 1 aromatic carbocycles. The lowest BCUT2D eigenvalue weighted by atomic mass is 10.1. The second-order valence-corrected chi connectivity index (χ2v) is 4.16. The van der Waals surface area contributed by atoms with Gasteiger partial charge >= 0.3 is 0 Å². The third-order valence-electron chi connectivity index (χ3n) is 2.39. The van der Waals surface area contributed by atoms with E-state index in [-0.39, 0.29) is 17.4 Å². The standard InChI is InChI=1S/C11H11ClN4O2/c1-6(10-13-5-14-16-10)15-11(18)8-4-7(12)2-3-9(8)17/h2-6,17H,1H3,(H,15,18)(H,13,14,16). The zero-order chi connectivity index (χ0) is 13.1. The highest BCUT2D eigenvalue weighted by molar-refractivity contribution is 6.31. The highest BCUT2D eigenvalue weighted by Gasteiger charge is 2.16. The van der Waals surface area contributed by atoms with E-state index in [2.05, 4.69) is 20.5 Å². The maximum absolute atomic E-state index is 11.9. The molecule has 2 aromatic rings. The van der Waals surface area contributed by atoms with Crippen LogP contribution in [0.3, 0.4) is 0 Å². The van der Waals surface area contributed by atoms with Crippen LogP contribution >= 0.6 is 11.6 Å². The summed E-state index contributed by atoms with van der Waals surface area (Å²) in [7, 11) is 0. The molecule has 0 spiro atoms. The summed E-state index contributed by atoms with van der Waals surface area (Å²) in [5.74, 6) is -0.0227. The minimum atomic E-state index is -0.432. The Morgan fingerprint density at radius 3 is 3.00 bits per heavy atom. The quantitative estimate of drug-likeness (QED) is 0.788. The number of carbonyl (C=O) groups is 1. The van der Waals surface area contributed by atoms with Crippen molar-refractivity contribution in [2.75, 3.05) is 0 Å². The second kappa shape index (κ2) is 5.05. The predicted molar refractivity (Wildman–Crippen MR) is 65.4 cm³/mol. The molecule has 1 heterocycles. The molecule has 1 aromatic heterocycles. The molecule has 94 valence electrons. The number of nitrogens with one attached hydrogen (secondary N) is 2. The lowest BCUT2D eigenvalue weighted by Gasteiger charge is -2.12. The van der Waals surface area contributed by atoms with Crippen LogP contribution in [0.5, 0.6) is 5.75 Å². The van der Waals surface area contributed by atoms with Crippen molar-refractivity contribution in [1.82, 2.24) is 20.5 Å².